The number of aromatic nitrogens is 3. The van der Waals surface area contributed by atoms with Crippen LogP contribution in [0.4, 0.5) is 16.3 Å². The molecule has 0 bridgehead atoms. The number of halogens is 1. The van der Waals surface area contributed by atoms with Crippen LogP contribution < -0.4 is 10.6 Å². The van der Waals surface area contributed by atoms with Crippen LogP contribution >= 0.6 is 15.9 Å². The molecule has 2 N–H and O–H groups in total. The molecule has 23 heavy (non-hydrogen) atoms. The molecule has 2 heterocycles. The second-order valence-electron chi connectivity index (χ2n) is 5.04. The van der Waals surface area contributed by atoms with Gasteiger partial charge in [0, 0.05) is 16.4 Å². The highest BCUT2D eigenvalue weighted by atomic mass is 79.9. The maximum Gasteiger partial charge on any atom is 0.324 e. The third kappa shape index (κ3) is 3.62. The standard InChI is InChI=1S/C16H14BrN5O/c1-9-10(2)20-14-8-12(3-4-13(14)19-9)21-16(23)22-15-7-11(17)5-6-18-15/h3-8H,1-2H3,(H2,18,21,22,23). The zero-order valence-corrected chi connectivity index (χ0v) is 14.2. The van der Waals surface area contributed by atoms with Gasteiger partial charge in [0.1, 0.15) is 5.82 Å². The molecule has 6 nitrogen and oxygen atoms in total. The number of urea groups is 1. The van der Waals surface area contributed by atoms with Gasteiger partial charge in [-0.25, -0.2) is 19.7 Å². The maximum absolute atomic E-state index is 12.0. The fourth-order valence-corrected chi connectivity index (χ4v) is 2.40. The first-order chi connectivity index (χ1) is 11.0. The van der Waals surface area contributed by atoms with Gasteiger partial charge in [0.15, 0.2) is 0 Å². The van der Waals surface area contributed by atoms with Crippen molar-refractivity contribution in [2.75, 3.05) is 10.6 Å². The largest absolute Gasteiger partial charge is 0.324 e. The molecule has 0 aliphatic rings. The van der Waals surface area contributed by atoms with Gasteiger partial charge >= 0.3 is 6.03 Å². The summed E-state index contributed by atoms with van der Waals surface area (Å²) >= 11 is 3.33. The molecular formula is C16H14BrN5O. The number of aryl methyl sites for hydroxylation is 2. The molecule has 0 saturated heterocycles. The van der Waals surface area contributed by atoms with Crippen molar-refractivity contribution >= 4 is 44.5 Å². The number of rotatable bonds is 2. The Morgan fingerprint density at radius 1 is 1.00 bits per heavy atom. The van der Waals surface area contributed by atoms with Gasteiger partial charge < -0.3 is 5.32 Å². The molecule has 0 aliphatic heterocycles. The molecule has 0 fully saturated rings. The molecule has 0 atom stereocenters. The van der Waals surface area contributed by atoms with E-state index in [1.807, 2.05) is 19.9 Å². The molecule has 0 saturated carbocycles. The van der Waals surface area contributed by atoms with Gasteiger partial charge in [0.25, 0.3) is 0 Å². The smallest absolute Gasteiger partial charge is 0.308 e. The van der Waals surface area contributed by atoms with Crippen LogP contribution in [-0.4, -0.2) is 21.0 Å². The van der Waals surface area contributed by atoms with E-state index >= 15 is 0 Å². The van der Waals surface area contributed by atoms with Crippen molar-refractivity contribution < 1.29 is 4.79 Å². The summed E-state index contributed by atoms with van der Waals surface area (Å²) in [5.74, 6) is 0.462. The second kappa shape index (κ2) is 6.29. The molecule has 3 rings (SSSR count). The van der Waals surface area contributed by atoms with Crippen LogP contribution in [0.25, 0.3) is 11.0 Å². The Bertz CT molecular complexity index is 897. The molecule has 0 aliphatic carbocycles. The Morgan fingerprint density at radius 2 is 1.74 bits per heavy atom. The number of benzene rings is 1. The first kappa shape index (κ1) is 15.4. The third-order valence-electron chi connectivity index (χ3n) is 3.30. The number of carbonyl (C=O) groups is 1. The Morgan fingerprint density at radius 3 is 2.48 bits per heavy atom. The van der Waals surface area contributed by atoms with E-state index in [0.29, 0.717) is 11.5 Å². The lowest BCUT2D eigenvalue weighted by Crippen LogP contribution is -2.20. The van der Waals surface area contributed by atoms with Crippen LogP contribution in [0.15, 0.2) is 41.0 Å². The maximum atomic E-state index is 12.0. The molecule has 2 amide bonds. The Labute approximate surface area is 141 Å². The van der Waals surface area contributed by atoms with Crippen LogP contribution in [-0.2, 0) is 0 Å². The molecule has 1 aromatic carbocycles. The zero-order valence-electron chi connectivity index (χ0n) is 12.6. The summed E-state index contributed by atoms with van der Waals surface area (Å²) in [5.41, 5.74) is 3.95. The van der Waals surface area contributed by atoms with E-state index in [0.717, 1.165) is 26.9 Å². The fourth-order valence-electron chi connectivity index (χ4n) is 2.06. The summed E-state index contributed by atoms with van der Waals surface area (Å²) in [7, 11) is 0. The van der Waals surface area contributed by atoms with Gasteiger partial charge in [0.2, 0.25) is 0 Å². The topological polar surface area (TPSA) is 79.8 Å². The lowest BCUT2D eigenvalue weighted by atomic mass is 10.2. The van der Waals surface area contributed by atoms with E-state index < -0.39 is 0 Å². The number of hydrogen-bond acceptors (Lipinski definition) is 4. The van der Waals surface area contributed by atoms with Gasteiger partial charge in [-0.2, -0.15) is 0 Å². The van der Waals surface area contributed by atoms with E-state index in [-0.39, 0.29) is 6.03 Å². The Balaban J connectivity index is 1.78. The Kier molecular flexibility index (Phi) is 4.20. The lowest BCUT2D eigenvalue weighted by molar-refractivity contribution is 0.262. The van der Waals surface area contributed by atoms with Crippen LogP contribution in [0, 0.1) is 13.8 Å². The van der Waals surface area contributed by atoms with Crippen LogP contribution in [0.2, 0.25) is 0 Å². The predicted molar refractivity (Wildman–Crippen MR) is 93.6 cm³/mol. The number of amides is 2. The number of carbonyl (C=O) groups excluding carboxylic acids is 1. The van der Waals surface area contributed by atoms with Crippen molar-refractivity contribution in [1.82, 2.24) is 15.0 Å². The van der Waals surface area contributed by atoms with E-state index in [9.17, 15) is 4.79 Å². The van der Waals surface area contributed by atoms with Crippen molar-refractivity contribution in [3.05, 3.63) is 52.4 Å². The number of fused-ring (bicyclic) bond motifs is 1. The second-order valence-corrected chi connectivity index (χ2v) is 5.95. The van der Waals surface area contributed by atoms with Crippen molar-refractivity contribution in [3.63, 3.8) is 0 Å². The molecule has 116 valence electrons. The SMILES string of the molecule is Cc1nc2ccc(NC(=O)Nc3cc(Br)ccn3)cc2nc1C. The average Bonchev–Trinajstić information content (AvgIpc) is 2.48. The monoisotopic (exact) mass is 371 g/mol. The molecule has 2 aromatic heterocycles. The highest BCUT2D eigenvalue weighted by molar-refractivity contribution is 9.10. The third-order valence-corrected chi connectivity index (χ3v) is 3.79. The number of nitrogens with zero attached hydrogens (tertiary/aromatic N) is 3. The molecule has 7 heteroatoms. The van der Waals surface area contributed by atoms with E-state index in [1.165, 1.54) is 0 Å². The summed E-state index contributed by atoms with van der Waals surface area (Å²) in [6.07, 6.45) is 1.61. The molecular weight excluding hydrogens is 358 g/mol. The van der Waals surface area contributed by atoms with E-state index in [4.69, 9.17) is 0 Å². The first-order valence-corrected chi connectivity index (χ1v) is 7.75. The summed E-state index contributed by atoms with van der Waals surface area (Å²) in [6, 6.07) is 8.56. The lowest BCUT2D eigenvalue weighted by Gasteiger charge is -2.08. The minimum atomic E-state index is -0.369. The van der Waals surface area contributed by atoms with Crippen molar-refractivity contribution in [2.24, 2.45) is 0 Å². The van der Waals surface area contributed by atoms with Crippen molar-refractivity contribution in [2.45, 2.75) is 13.8 Å². The van der Waals surface area contributed by atoms with Crippen LogP contribution in [0.1, 0.15) is 11.4 Å². The van der Waals surface area contributed by atoms with Crippen molar-refractivity contribution in [3.8, 4) is 0 Å². The van der Waals surface area contributed by atoms with E-state index in [2.05, 4.69) is 41.5 Å². The summed E-state index contributed by atoms with van der Waals surface area (Å²) in [4.78, 5) is 25.1. The highest BCUT2D eigenvalue weighted by Crippen LogP contribution is 2.18. The van der Waals surface area contributed by atoms with E-state index in [1.54, 1.807) is 30.5 Å². The first-order valence-electron chi connectivity index (χ1n) is 6.96. The average molecular weight is 372 g/mol. The van der Waals surface area contributed by atoms with Crippen LogP contribution in [0.5, 0.6) is 0 Å². The highest BCUT2D eigenvalue weighted by Gasteiger charge is 2.07. The molecule has 0 unspecified atom stereocenters. The number of hydrogen-bond donors (Lipinski definition) is 2. The number of nitrogens with one attached hydrogen (secondary N) is 2. The van der Waals surface area contributed by atoms with Crippen LogP contribution in [0.3, 0.4) is 0 Å². The van der Waals surface area contributed by atoms with Gasteiger partial charge in [-0.3, -0.25) is 5.32 Å². The minimum absolute atomic E-state index is 0.369. The zero-order chi connectivity index (χ0) is 16.4. The molecule has 3 aromatic rings. The molecule has 0 radical (unpaired) electrons. The quantitative estimate of drug-likeness (QED) is 0.711. The van der Waals surface area contributed by atoms with Crippen molar-refractivity contribution in [1.29, 1.82) is 0 Å². The number of pyridine rings is 1. The summed E-state index contributed by atoms with van der Waals surface area (Å²) < 4.78 is 0.842. The minimum Gasteiger partial charge on any atom is -0.308 e. The van der Waals surface area contributed by atoms with Gasteiger partial charge in [-0.05, 0) is 44.2 Å². The predicted octanol–water partition coefficient (Wildman–Crippen LogP) is 4.05. The number of anilines is 2. The van der Waals surface area contributed by atoms with Gasteiger partial charge in [0.05, 0.1) is 22.4 Å². The van der Waals surface area contributed by atoms with Gasteiger partial charge in [-0.1, -0.05) is 15.9 Å². The normalized spacial score (nSPS) is 10.6. The summed E-state index contributed by atoms with van der Waals surface area (Å²) in [6.45, 7) is 3.83. The van der Waals surface area contributed by atoms with Gasteiger partial charge in [-0.15, -0.1) is 0 Å². The fraction of sp³-hybridized carbons (Fsp3) is 0.125. The molecule has 0 spiro atoms. The summed E-state index contributed by atoms with van der Waals surface area (Å²) in [5, 5.41) is 5.44. The Hall–Kier alpha value is -2.54.